The highest BCUT2D eigenvalue weighted by Crippen LogP contribution is 2.39. The third-order valence-corrected chi connectivity index (χ3v) is 4.29. The Hall–Kier alpha value is -2.10. The van der Waals surface area contributed by atoms with Crippen molar-refractivity contribution < 1.29 is 14.3 Å². The van der Waals surface area contributed by atoms with Gasteiger partial charge in [0, 0.05) is 25.9 Å². The fourth-order valence-corrected chi connectivity index (χ4v) is 3.10. The number of ketones is 1. The van der Waals surface area contributed by atoms with Crippen molar-refractivity contribution in [1.82, 2.24) is 4.90 Å². The Balaban J connectivity index is 1.75. The Morgan fingerprint density at radius 1 is 1.29 bits per heavy atom. The van der Waals surface area contributed by atoms with Crippen LogP contribution in [0, 0.1) is 0 Å². The molecule has 4 nitrogen and oxygen atoms in total. The van der Waals surface area contributed by atoms with Gasteiger partial charge in [-0.25, -0.2) is 0 Å². The first-order valence-electron chi connectivity index (χ1n) is 7.36. The molecule has 21 heavy (non-hydrogen) atoms. The molecule has 0 saturated carbocycles. The highest BCUT2D eigenvalue weighted by Gasteiger charge is 2.43. The number of Topliss-reactive ketones (excluding diaryl/α,β-unsaturated/α-hetero) is 1. The molecular weight excluding hydrogens is 266 g/mol. The molecule has 1 aromatic rings. The molecule has 2 aliphatic heterocycles. The number of fused-ring (bicyclic) bond motifs is 1. The first-order chi connectivity index (χ1) is 10.1. The summed E-state index contributed by atoms with van der Waals surface area (Å²) in [6, 6.07) is 7.41. The number of benzene rings is 1. The topological polar surface area (TPSA) is 46.6 Å². The first-order valence-corrected chi connectivity index (χ1v) is 7.36. The summed E-state index contributed by atoms with van der Waals surface area (Å²) in [4.78, 5) is 26.0. The van der Waals surface area contributed by atoms with E-state index in [0.29, 0.717) is 43.7 Å². The molecule has 1 amide bonds. The monoisotopic (exact) mass is 285 g/mol. The van der Waals surface area contributed by atoms with Crippen molar-refractivity contribution >= 4 is 11.7 Å². The summed E-state index contributed by atoms with van der Waals surface area (Å²) in [7, 11) is 0. The van der Waals surface area contributed by atoms with E-state index in [4.69, 9.17) is 4.74 Å². The zero-order valence-corrected chi connectivity index (χ0v) is 12.2. The fraction of sp³-hybridized carbons (Fsp3) is 0.412. The maximum atomic E-state index is 12.3. The molecule has 0 N–H and O–H groups in total. The van der Waals surface area contributed by atoms with Gasteiger partial charge in [-0.1, -0.05) is 18.2 Å². The summed E-state index contributed by atoms with van der Waals surface area (Å²) in [6.45, 7) is 3.11. The smallest absolute Gasteiger partial charge is 0.246 e. The van der Waals surface area contributed by atoms with Crippen LogP contribution in [0.3, 0.4) is 0 Å². The van der Waals surface area contributed by atoms with E-state index in [-0.39, 0.29) is 11.7 Å². The maximum Gasteiger partial charge on any atom is 0.246 e. The number of para-hydroxylation sites is 1. The number of carbonyl (C=O) groups excluding carboxylic acids is 2. The maximum absolute atomic E-state index is 12.3. The van der Waals surface area contributed by atoms with Gasteiger partial charge in [0.1, 0.15) is 11.4 Å². The van der Waals surface area contributed by atoms with Crippen LogP contribution in [-0.2, 0) is 4.79 Å². The van der Waals surface area contributed by atoms with E-state index in [2.05, 4.69) is 0 Å². The zero-order chi connectivity index (χ0) is 14.9. The predicted octanol–water partition coefficient (Wildman–Crippen LogP) is 2.59. The molecule has 0 radical (unpaired) electrons. The van der Waals surface area contributed by atoms with Gasteiger partial charge >= 0.3 is 0 Å². The Morgan fingerprint density at radius 3 is 2.71 bits per heavy atom. The van der Waals surface area contributed by atoms with Crippen molar-refractivity contribution in [2.45, 2.75) is 31.8 Å². The number of piperidine rings is 1. The van der Waals surface area contributed by atoms with Crippen LogP contribution in [-0.4, -0.2) is 35.3 Å². The Kier molecular flexibility index (Phi) is 3.53. The molecule has 0 aliphatic carbocycles. The lowest BCUT2D eigenvalue weighted by atomic mass is 9.82. The van der Waals surface area contributed by atoms with E-state index >= 15 is 0 Å². The average Bonchev–Trinajstić information content (AvgIpc) is 2.48. The quantitative estimate of drug-likeness (QED) is 0.745. The number of likely N-dealkylation sites (tertiary alicyclic amines) is 1. The van der Waals surface area contributed by atoms with Crippen LogP contribution >= 0.6 is 0 Å². The number of nitrogens with zero attached hydrogens (tertiary/aromatic N) is 1. The highest BCUT2D eigenvalue weighted by molar-refractivity contribution is 6.00. The summed E-state index contributed by atoms with van der Waals surface area (Å²) in [5.41, 5.74) is 0.244. The van der Waals surface area contributed by atoms with Crippen LogP contribution in [0.25, 0.3) is 0 Å². The third-order valence-electron chi connectivity index (χ3n) is 4.29. The standard InChI is InChI=1S/C17H19NO3/c1-2-5-16(20)18-10-8-17(9-11-18)12-14(19)13-6-3-4-7-15(13)21-17/h2-7H,8-12H2,1H3/b5-2-. The Morgan fingerprint density at radius 2 is 2.00 bits per heavy atom. The van der Waals surface area contributed by atoms with Gasteiger partial charge in [-0.05, 0) is 25.1 Å². The summed E-state index contributed by atoms with van der Waals surface area (Å²) in [5, 5.41) is 0. The number of allylic oxidation sites excluding steroid dienone is 1. The SMILES string of the molecule is C/C=C\C(=O)N1CCC2(CC1)CC(=O)c1ccccc1O2. The van der Waals surface area contributed by atoms with Crippen LogP contribution in [0.4, 0.5) is 0 Å². The number of rotatable bonds is 1. The molecule has 3 rings (SSSR count). The molecule has 0 aromatic heterocycles. The number of amides is 1. The number of carbonyl (C=O) groups is 2. The molecule has 0 atom stereocenters. The van der Waals surface area contributed by atoms with Crippen LogP contribution in [0.15, 0.2) is 36.4 Å². The van der Waals surface area contributed by atoms with Crippen LogP contribution in [0.5, 0.6) is 5.75 Å². The fourth-order valence-electron chi connectivity index (χ4n) is 3.10. The molecule has 1 spiro atoms. The summed E-state index contributed by atoms with van der Waals surface area (Å²) in [5.74, 6) is 0.863. The van der Waals surface area contributed by atoms with Gasteiger partial charge < -0.3 is 9.64 Å². The largest absolute Gasteiger partial charge is 0.486 e. The zero-order valence-electron chi connectivity index (χ0n) is 12.2. The third kappa shape index (κ3) is 2.58. The molecule has 0 bridgehead atoms. The van der Waals surface area contributed by atoms with E-state index in [1.807, 2.05) is 36.1 Å². The van der Waals surface area contributed by atoms with E-state index in [1.165, 1.54) is 0 Å². The molecule has 1 aromatic carbocycles. The van der Waals surface area contributed by atoms with Gasteiger partial charge in [0.05, 0.1) is 12.0 Å². The summed E-state index contributed by atoms with van der Waals surface area (Å²) < 4.78 is 6.14. The van der Waals surface area contributed by atoms with E-state index in [1.54, 1.807) is 12.2 Å². The minimum atomic E-state index is -0.432. The second-order valence-corrected chi connectivity index (χ2v) is 5.71. The number of hydrogen-bond acceptors (Lipinski definition) is 3. The van der Waals surface area contributed by atoms with Gasteiger partial charge in [0.25, 0.3) is 0 Å². The van der Waals surface area contributed by atoms with Gasteiger partial charge in [-0.2, -0.15) is 0 Å². The van der Waals surface area contributed by atoms with Crippen molar-refractivity contribution in [1.29, 1.82) is 0 Å². The highest BCUT2D eigenvalue weighted by atomic mass is 16.5. The van der Waals surface area contributed by atoms with Crippen molar-refractivity contribution in [3.63, 3.8) is 0 Å². The molecule has 4 heteroatoms. The van der Waals surface area contributed by atoms with Gasteiger partial charge in [0.2, 0.25) is 5.91 Å². The van der Waals surface area contributed by atoms with E-state index < -0.39 is 5.60 Å². The Labute approximate surface area is 124 Å². The molecule has 1 fully saturated rings. The molecule has 0 unspecified atom stereocenters. The van der Waals surface area contributed by atoms with Crippen molar-refractivity contribution in [2.75, 3.05) is 13.1 Å². The molecular formula is C17H19NO3. The molecule has 110 valence electrons. The first kappa shape index (κ1) is 13.9. The average molecular weight is 285 g/mol. The number of hydrogen-bond donors (Lipinski definition) is 0. The van der Waals surface area contributed by atoms with E-state index in [9.17, 15) is 9.59 Å². The Bertz CT molecular complexity index is 598. The minimum Gasteiger partial charge on any atom is -0.486 e. The van der Waals surface area contributed by atoms with Crippen LogP contribution < -0.4 is 4.74 Å². The van der Waals surface area contributed by atoms with Crippen molar-refractivity contribution in [2.24, 2.45) is 0 Å². The number of ether oxygens (including phenoxy) is 1. The predicted molar refractivity (Wildman–Crippen MR) is 79.4 cm³/mol. The second-order valence-electron chi connectivity index (χ2n) is 5.71. The summed E-state index contributed by atoms with van der Waals surface area (Å²) in [6.07, 6.45) is 5.16. The lowest BCUT2D eigenvalue weighted by molar-refractivity contribution is -0.129. The van der Waals surface area contributed by atoms with Gasteiger partial charge in [-0.15, -0.1) is 0 Å². The summed E-state index contributed by atoms with van der Waals surface area (Å²) >= 11 is 0. The lowest BCUT2D eigenvalue weighted by Crippen LogP contribution is -2.52. The van der Waals surface area contributed by atoms with Gasteiger partial charge in [-0.3, -0.25) is 9.59 Å². The van der Waals surface area contributed by atoms with Crippen LogP contribution in [0.2, 0.25) is 0 Å². The van der Waals surface area contributed by atoms with Crippen molar-refractivity contribution in [3.8, 4) is 5.75 Å². The second kappa shape index (κ2) is 5.35. The lowest BCUT2D eigenvalue weighted by Gasteiger charge is -2.43. The molecule has 2 heterocycles. The van der Waals surface area contributed by atoms with Crippen LogP contribution in [0.1, 0.15) is 36.5 Å². The van der Waals surface area contributed by atoms with Crippen molar-refractivity contribution in [3.05, 3.63) is 42.0 Å². The minimum absolute atomic E-state index is 0.0369. The normalized spacial score (nSPS) is 20.4. The molecule has 1 saturated heterocycles. The molecule has 2 aliphatic rings. The van der Waals surface area contributed by atoms with E-state index in [0.717, 1.165) is 0 Å². The van der Waals surface area contributed by atoms with Gasteiger partial charge in [0.15, 0.2) is 5.78 Å².